The number of unbranched alkanes of at least 4 members (excludes halogenated alkanes) is 11. The number of amides is 1. The number of benzene rings is 2. The summed E-state index contributed by atoms with van der Waals surface area (Å²) in [6.07, 6.45) is 16.0. The molecular weight excluding hydrogens is 622 g/mol. The van der Waals surface area contributed by atoms with Crippen LogP contribution in [-0.4, -0.2) is 57.1 Å². The van der Waals surface area contributed by atoms with Crippen LogP contribution in [0.2, 0.25) is 0 Å². The molecule has 2 aromatic rings. The molecule has 1 aliphatic carbocycles. The van der Waals surface area contributed by atoms with E-state index < -0.39 is 12.0 Å². The zero-order valence-corrected chi connectivity index (χ0v) is 29.5. The van der Waals surface area contributed by atoms with Crippen LogP contribution >= 0.6 is 0 Å². The van der Waals surface area contributed by atoms with Crippen LogP contribution in [0.4, 0.5) is 0 Å². The molecule has 4 atom stereocenters. The molecule has 1 saturated heterocycles. The van der Waals surface area contributed by atoms with Gasteiger partial charge in [-0.05, 0) is 92.7 Å². The van der Waals surface area contributed by atoms with Gasteiger partial charge in [-0.15, -0.1) is 0 Å². The Morgan fingerprint density at radius 1 is 0.857 bits per heavy atom. The summed E-state index contributed by atoms with van der Waals surface area (Å²) in [5, 5.41) is 17.4. The van der Waals surface area contributed by atoms with Crippen LogP contribution in [0.5, 0.6) is 23.0 Å². The van der Waals surface area contributed by atoms with E-state index in [1.165, 1.54) is 64.9 Å². The largest absolute Gasteiger partial charge is 0.504 e. The first kappa shape index (κ1) is 36.8. The number of aromatic hydroxyl groups is 1. The second kappa shape index (κ2) is 18.5. The molecule has 0 radical (unpaired) electrons. The van der Waals surface area contributed by atoms with Crippen molar-refractivity contribution in [2.45, 2.75) is 109 Å². The average Bonchev–Trinajstić information content (AvgIpc) is 3.72. The number of aryl methyl sites for hydroxylation is 1. The molecule has 1 unspecified atom stereocenters. The van der Waals surface area contributed by atoms with E-state index in [2.05, 4.69) is 10.6 Å². The van der Waals surface area contributed by atoms with Gasteiger partial charge in [0.25, 0.3) is 0 Å². The number of phenolic OH excluding ortho intramolecular Hbond substituents is 1. The minimum atomic E-state index is -0.516. The lowest BCUT2D eigenvalue weighted by Gasteiger charge is -2.39. The average molecular weight is 680 g/mol. The van der Waals surface area contributed by atoms with Crippen molar-refractivity contribution in [3.8, 4) is 23.0 Å². The lowest BCUT2D eigenvalue weighted by molar-refractivity contribution is -0.141. The van der Waals surface area contributed by atoms with Gasteiger partial charge in [-0.25, -0.2) is 0 Å². The van der Waals surface area contributed by atoms with Gasteiger partial charge < -0.3 is 40.4 Å². The van der Waals surface area contributed by atoms with Gasteiger partial charge in [-0.3, -0.25) is 9.59 Å². The minimum Gasteiger partial charge on any atom is -0.504 e. The van der Waals surface area contributed by atoms with Gasteiger partial charge >= 0.3 is 5.97 Å². The first-order valence-electron chi connectivity index (χ1n) is 18.6. The predicted octanol–water partition coefficient (Wildman–Crippen LogP) is 6.54. The van der Waals surface area contributed by atoms with Crippen LogP contribution in [-0.2, 0) is 14.3 Å². The Kier molecular flexibility index (Phi) is 13.9. The van der Waals surface area contributed by atoms with Crippen LogP contribution in [0.1, 0.15) is 124 Å². The van der Waals surface area contributed by atoms with Crippen molar-refractivity contribution in [1.82, 2.24) is 10.6 Å². The Balaban J connectivity index is 1.10. The van der Waals surface area contributed by atoms with Crippen LogP contribution in [0.3, 0.4) is 0 Å². The highest BCUT2D eigenvalue weighted by molar-refractivity contribution is 5.81. The molecule has 270 valence electrons. The number of nitrogens with two attached hydrogens (primary N) is 1. The summed E-state index contributed by atoms with van der Waals surface area (Å²) in [7, 11) is 1.51. The molecule has 5 rings (SSSR count). The summed E-state index contributed by atoms with van der Waals surface area (Å²) in [4.78, 5) is 26.7. The standard InChI is InChI=1S/C39H57N3O7/c1-26-20-27(21-33(46-2)38(26)44)35-28-22-31-32(49-25-48-31)23-29(28)37(30-24-47-39(45)36(30)35)42-34(43)16-12-8-4-7-11-15-19-41-18-14-10-6-3-5-9-13-17-40/h20-23,30,35-37,41,44H,3-19,24-25,40H2,1-2H3,(H,42,43)/t30-,35?,36-,37+/m0/s1. The van der Waals surface area contributed by atoms with E-state index in [0.717, 1.165) is 62.0 Å². The highest BCUT2D eigenvalue weighted by atomic mass is 16.7. The van der Waals surface area contributed by atoms with E-state index in [1.54, 1.807) is 6.07 Å². The highest BCUT2D eigenvalue weighted by Gasteiger charge is 2.53. The summed E-state index contributed by atoms with van der Waals surface area (Å²) in [5.41, 5.74) is 8.82. The lowest BCUT2D eigenvalue weighted by Crippen LogP contribution is -2.42. The molecule has 5 N–H and O–H groups in total. The maximum Gasteiger partial charge on any atom is 0.310 e. The van der Waals surface area contributed by atoms with E-state index in [-0.39, 0.29) is 42.9 Å². The number of carbonyl (C=O) groups is 2. The molecule has 3 aliphatic rings. The Labute approximate surface area is 291 Å². The lowest BCUT2D eigenvalue weighted by atomic mass is 9.65. The molecule has 2 heterocycles. The fraction of sp³-hybridized carbons (Fsp3) is 0.641. The molecule has 49 heavy (non-hydrogen) atoms. The van der Waals surface area contributed by atoms with E-state index in [9.17, 15) is 14.7 Å². The van der Waals surface area contributed by atoms with Gasteiger partial charge in [0.15, 0.2) is 23.0 Å². The van der Waals surface area contributed by atoms with Gasteiger partial charge in [0.2, 0.25) is 12.7 Å². The normalized spacial score (nSPS) is 20.5. The zero-order chi connectivity index (χ0) is 34.6. The fourth-order valence-corrected chi connectivity index (χ4v) is 7.75. The van der Waals surface area contributed by atoms with E-state index >= 15 is 0 Å². The summed E-state index contributed by atoms with van der Waals surface area (Å²) in [6, 6.07) is 7.15. The van der Waals surface area contributed by atoms with E-state index in [4.69, 9.17) is 24.7 Å². The van der Waals surface area contributed by atoms with Crippen molar-refractivity contribution in [1.29, 1.82) is 0 Å². The van der Waals surface area contributed by atoms with Gasteiger partial charge in [0, 0.05) is 18.3 Å². The van der Waals surface area contributed by atoms with E-state index in [0.29, 0.717) is 29.2 Å². The summed E-state index contributed by atoms with van der Waals surface area (Å²) in [5.74, 6) is 0.197. The van der Waals surface area contributed by atoms with Gasteiger partial charge in [-0.1, -0.05) is 63.9 Å². The molecule has 0 saturated carbocycles. The Morgan fingerprint density at radius 2 is 1.47 bits per heavy atom. The number of hydrogen-bond acceptors (Lipinski definition) is 9. The monoisotopic (exact) mass is 679 g/mol. The number of fused-ring (bicyclic) bond motifs is 3. The fourth-order valence-electron chi connectivity index (χ4n) is 7.75. The van der Waals surface area contributed by atoms with Crippen LogP contribution in [0.15, 0.2) is 24.3 Å². The smallest absolute Gasteiger partial charge is 0.310 e. The third kappa shape index (κ3) is 9.39. The third-order valence-corrected chi connectivity index (χ3v) is 10.4. The first-order chi connectivity index (χ1) is 23.9. The highest BCUT2D eigenvalue weighted by Crippen LogP contribution is 2.55. The number of cyclic esters (lactones) is 1. The number of phenols is 1. The number of methoxy groups -OCH3 is 1. The number of carbonyl (C=O) groups excluding carboxylic acids is 2. The molecule has 0 bridgehead atoms. The molecule has 2 aromatic carbocycles. The van der Waals surface area contributed by atoms with Gasteiger partial charge in [0.1, 0.15) is 0 Å². The Bertz CT molecular complexity index is 1400. The van der Waals surface area contributed by atoms with Crippen molar-refractivity contribution in [3.05, 3.63) is 46.5 Å². The first-order valence-corrected chi connectivity index (χ1v) is 18.6. The Morgan fingerprint density at radius 3 is 2.12 bits per heavy atom. The number of nitrogens with one attached hydrogen (secondary N) is 2. The number of esters is 1. The molecule has 0 aromatic heterocycles. The van der Waals surface area contributed by atoms with Gasteiger partial charge in [0.05, 0.1) is 25.7 Å². The molecule has 0 spiro atoms. The quantitative estimate of drug-likeness (QED) is 0.0855. The molecule has 1 fully saturated rings. The topological polar surface area (TPSA) is 141 Å². The number of ether oxygens (including phenoxy) is 4. The van der Waals surface area contributed by atoms with E-state index in [1.807, 2.05) is 25.1 Å². The Hall–Kier alpha value is -3.50. The van der Waals surface area contributed by atoms with Crippen molar-refractivity contribution in [3.63, 3.8) is 0 Å². The maximum atomic E-state index is 13.4. The summed E-state index contributed by atoms with van der Waals surface area (Å²) in [6.45, 7) is 5.16. The molecule has 10 nitrogen and oxygen atoms in total. The molecule has 2 aliphatic heterocycles. The van der Waals surface area contributed by atoms with Gasteiger partial charge in [-0.2, -0.15) is 0 Å². The maximum absolute atomic E-state index is 13.4. The number of rotatable bonds is 21. The van der Waals surface area contributed by atoms with Crippen LogP contribution in [0, 0.1) is 18.8 Å². The predicted molar refractivity (Wildman–Crippen MR) is 189 cm³/mol. The third-order valence-electron chi connectivity index (χ3n) is 10.4. The zero-order valence-electron chi connectivity index (χ0n) is 29.5. The minimum absolute atomic E-state index is 0.0212. The van der Waals surface area contributed by atoms with Crippen molar-refractivity contribution in [2.75, 3.05) is 40.1 Å². The molecule has 10 heteroatoms. The summed E-state index contributed by atoms with van der Waals surface area (Å²) < 4.78 is 22.6. The SMILES string of the molecule is COc1cc(C2c3cc4c(cc3[C@@H](NC(=O)CCCCCCCCNCCCCCCCCCN)[C@H]3COC(=O)[C@H]23)OCO4)cc(C)c1O. The van der Waals surface area contributed by atoms with Crippen LogP contribution in [0.25, 0.3) is 0 Å². The number of hydrogen-bond donors (Lipinski definition) is 4. The second-order valence-electron chi connectivity index (χ2n) is 14.0. The van der Waals surface area contributed by atoms with Crippen molar-refractivity contribution in [2.24, 2.45) is 17.6 Å². The molecule has 1 amide bonds. The van der Waals surface area contributed by atoms with Crippen LogP contribution < -0.4 is 30.6 Å². The second-order valence-corrected chi connectivity index (χ2v) is 14.0. The molecular formula is C39H57N3O7. The van der Waals surface area contributed by atoms with Crippen molar-refractivity contribution < 1.29 is 33.6 Å². The summed E-state index contributed by atoms with van der Waals surface area (Å²) >= 11 is 0. The van der Waals surface area contributed by atoms with Crippen molar-refractivity contribution >= 4 is 11.9 Å².